The maximum absolute atomic E-state index is 12.5. The number of carbonyl (C=O) groups excluding carboxylic acids is 1. The van der Waals surface area contributed by atoms with Gasteiger partial charge in [0.25, 0.3) is 0 Å². The van der Waals surface area contributed by atoms with E-state index in [0.717, 1.165) is 38.0 Å². The number of amides is 1. The SMILES string of the molecule is O=C1CC2(CCN(C3CCc4cccc5cccc3c45)CC2)N1c1ccccc1. The number of nitrogens with zero attached hydrogens (tertiary/aromatic N) is 2. The number of β-lactam (4-membered cyclic amide) rings is 1. The van der Waals surface area contributed by atoms with E-state index < -0.39 is 0 Å². The van der Waals surface area contributed by atoms with Gasteiger partial charge >= 0.3 is 0 Å². The number of carbonyl (C=O) groups is 1. The first-order chi connectivity index (χ1) is 14.3. The third kappa shape index (κ3) is 2.57. The molecular formula is C26H26N2O. The Labute approximate surface area is 171 Å². The molecule has 1 unspecified atom stereocenters. The predicted molar refractivity (Wildman–Crippen MR) is 117 cm³/mol. The minimum Gasteiger partial charge on any atom is -0.306 e. The molecule has 29 heavy (non-hydrogen) atoms. The molecule has 1 atom stereocenters. The molecule has 2 fully saturated rings. The van der Waals surface area contributed by atoms with Crippen LogP contribution in [0, 0.1) is 0 Å². The van der Waals surface area contributed by atoms with Gasteiger partial charge in [0.15, 0.2) is 0 Å². The molecule has 3 aromatic carbocycles. The number of aryl methyl sites for hydroxylation is 1. The molecule has 146 valence electrons. The summed E-state index contributed by atoms with van der Waals surface area (Å²) in [5.41, 5.74) is 4.11. The summed E-state index contributed by atoms with van der Waals surface area (Å²) in [5, 5.41) is 2.86. The molecule has 6 rings (SSSR count). The second kappa shape index (κ2) is 6.43. The van der Waals surface area contributed by atoms with Gasteiger partial charge in [-0.2, -0.15) is 0 Å². The Hall–Kier alpha value is -2.65. The Morgan fingerprint density at radius 3 is 2.38 bits per heavy atom. The van der Waals surface area contributed by atoms with Gasteiger partial charge in [0.2, 0.25) is 5.91 Å². The maximum Gasteiger partial charge on any atom is 0.229 e. The van der Waals surface area contributed by atoms with Crippen LogP contribution in [0.2, 0.25) is 0 Å². The van der Waals surface area contributed by atoms with Crippen molar-refractivity contribution in [1.82, 2.24) is 4.90 Å². The fourth-order valence-electron chi connectivity index (χ4n) is 6.02. The van der Waals surface area contributed by atoms with Crippen molar-refractivity contribution in [2.45, 2.75) is 43.7 Å². The molecule has 3 aromatic rings. The number of benzene rings is 3. The van der Waals surface area contributed by atoms with Gasteiger partial charge in [-0.25, -0.2) is 0 Å². The highest BCUT2D eigenvalue weighted by atomic mass is 16.2. The summed E-state index contributed by atoms with van der Waals surface area (Å²) in [4.78, 5) is 17.2. The summed E-state index contributed by atoms with van der Waals surface area (Å²) in [7, 11) is 0. The average Bonchev–Trinajstić information content (AvgIpc) is 2.76. The lowest BCUT2D eigenvalue weighted by Crippen LogP contribution is -2.67. The number of rotatable bonds is 2. The van der Waals surface area contributed by atoms with E-state index in [9.17, 15) is 4.79 Å². The Morgan fingerprint density at radius 2 is 1.62 bits per heavy atom. The fraction of sp³-hybridized carbons (Fsp3) is 0.346. The van der Waals surface area contributed by atoms with Gasteiger partial charge in [-0.15, -0.1) is 0 Å². The first-order valence-corrected chi connectivity index (χ1v) is 10.9. The molecule has 2 heterocycles. The molecule has 3 nitrogen and oxygen atoms in total. The number of piperidine rings is 1. The zero-order chi connectivity index (χ0) is 19.4. The molecule has 3 heteroatoms. The topological polar surface area (TPSA) is 23.6 Å². The lowest BCUT2D eigenvalue weighted by atomic mass is 9.74. The van der Waals surface area contributed by atoms with Gasteiger partial charge in [0, 0.05) is 24.8 Å². The normalized spacial score (nSPS) is 23.4. The highest BCUT2D eigenvalue weighted by Crippen LogP contribution is 2.46. The average molecular weight is 383 g/mol. The van der Waals surface area contributed by atoms with Crippen molar-refractivity contribution < 1.29 is 4.79 Å². The van der Waals surface area contributed by atoms with E-state index in [1.165, 1.54) is 28.3 Å². The van der Waals surface area contributed by atoms with E-state index in [-0.39, 0.29) is 11.4 Å². The molecule has 2 saturated heterocycles. The molecule has 1 spiro atoms. The second-order valence-corrected chi connectivity index (χ2v) is 8.92. The molecule has 0 radical (unpaired) electrons. The maximum atomic E-state index is 12.5. The molecule has 2 aliphatic heterocycles. The van der Waals surface area contributed by atoms with Crippen LogP contribution in [0.4, 0.5) is 5.69 Å². The van der Waals surface area contributed by atoms with Crippen LogP contribution in [0.15, 0.2) is 66.7 Å². The minimum absolute atomic E-state index is 0.0352. The standard InChI is InChI=1S/C26H26N2O/c29-24-18-26(28(24)21-9-2-1-3-10-21)14-16-27(17-15-26)23-13-12-20-7-4-6-19-8-5-11-22(23)25(19)20/h1-11,23H,12-18H2. The second-order valence-electron chi connectivity index (χ2n) is 8.92. The number of para-hydroxylation sites is 1. The highest BCUT2D eigenvalue weighted by Gasteiger charge is 2.53. The lowest BCUT2D eigenvalue weighted by molar-refractivity contribution is -0.129. The van der Waals surface area contributed by atoms with Crippen LogP contribution in [0.25, 0.3) is 10.8 Å². The molecule has 0 N–H and O–H groups in total. The Morgan fingerprint density at radius 1 is 0.862 bits per heavy atom. The predicted octanol–water partition coefficient (Wildman–Crippen LogP) is 5.10. The van der Waals surface area contributed by atoms with Crippen molar-refractivity contribution in [2.24, 2.45) is 0 Å². The summed E-state index contributed by atoms with van der Waals surface area (Å²) >= 11 is 0. The van der Waals surface area contributed by atoms with Crippen LogP contribution in [0.5, 0.6) is 0 Å². The zero-order valence-corrected chi connectivity index (χ0v) is 16.7. The number of likely N-dealkylation sites (tertiary alicyclic amines) is 1. The lowest BCUT2D eigenvalue weighted by Gasteiger charge is -2.56. The van der Waals surface area contributed by atoms with Crippen LogP contribution < -0.4 is 4.90 Å². The van der Waals surface area contributed by atoms with Gasteiger partial charge in [0.1, 0.15) is 0 Å². The first-order valence-electron chi connectivity index (χ1n) is 10.9. The van der Waals surface area contributed by atoms with E-state index >= 15 is 0 Å². The van der Waals surface area contributed by atoms with Crippen LogP contribution in [-0.4, -0.2) is 29.4 Å². The van der Waals surface area contributed by atoms with Crippen molar-refractivity contribution in [2.75, 3.05) is 18.0 Å². The zero-order valence-electron chi connectivity index (χ0n) is 16.7. The Kier molecular flexibility index (Phi) is 3.82. The fourth-order valence-corrected chi connectivity index (χ4v) is 6.02. The number of anilines is 1. The summed E-state index contributed by atoms with van der Waals surface area (Å²) in [5.74, 6) is 0.279. The van der Waals surface area contributed by atoms with Crippen molar-refractivity contribution >= 4 is 22.4 Å². The molecule has 0 saturated carbocycles. The molecule has 3 aliphatic rings. The Balaban J connectivity index is 1.26. The molecular weight excluding hydrogens is 356 g/mol. The van der Waals surface area contributed by atoms with E-state index in [2.05, 4.69) is 58.3 Å². The van der Waals surface area contributed by atoms with Gasteiger partial charge in [0.05, 0.1) is 12.0 Å². The van der Waals surface area contributed by atoms with Gasteiger partial charge < -0.3 is 4.90 Å². The van der Waals surface area contributed by atoms with Crippen molar-refractivity contribution in [3.05, 3.63) is 77.9 Å². The molecule has 1 amide bonds. The first kappa shape index (κ1) is 17.2. The van der Waals surface area contributed by atoms with E-state index in [4.69, 9.17) is 0 Å². The third-order valence-corrected chi connectivity index (χ3v) is 7.46. The van der Waals surface area contributed by atoms with E-state index in [1.54, 1.807) is 0 Å². The Bertz CT molecular complexity index is 1080. The summed E-state index contributed by atoms with van der Waals surface area (Å²) in [6.07, 6.45) is 5.21. The molecule has 1 aliphatic carbocycles. The monoisotopic (exact) mass is 382 g/mol. The van der Waals surface area contributed by atoms with Crippen molar-refractivity contribution in [3.8, 4) is 0 Å². The largest absolute Gasteiger partial charge is 0.306 e. The molecule has 0 bridgehead atoms. The minimum atomic E-state index is 0.0352. The highest BCUT2D eigenvalue weighted by molar-refractivity contribution is 6.02. The van der Waals surface area contributed by atoms with Gasteiger partial charge in [-0.3, -0.25) is 9.69 Å². The van der Waals surface area contributed by atoms with Gasteiger partial charge in [-0.05, 0) is 59.7 Å². The number of hydrogen-bond donors (Lipinski definition) is 0. The van der Waals surface area contributed by atoms with Crippen molar-refractivity contribution in [3.63, 3.8) is 0 Å². The van der Waals surface area contributed by atoms with E-state index in [0.29, 0.717) is 12.5 Å². The quantitative estimate of drug-likeness (QED) is 0.576. The summed E-state index contributed by atoms with van der Waals surface area (Å²) in [6.45, 7) is 2.14. The van der Waals surface area contributed by atoms with Crippen LogP contribution in [0.3, 0.4) is 0 Å². The third-order valence-electron chi connectivity index (χ3n) is 7.46. The summed E-state index contributed by atoms with van der Waals surface area (Å²) in [6, 6.07) is 24.3. The van der Waals surface area contributed by atoms with Gasteiger partial charge in [-0.1, -0.05) is 54.6 Å². The number of hydrogen-bond acceptors (Lipinski definition) is 2. The van der Waals surface area contributed by atoms with Crippen LogP contribution >= 0.6 is 0 Å². The van der Waals surface area contributed by atoms with Crippen LogP contribution in [-0.2, 0) is 11.2 Å². The van der Waals surface area contributed by atoms with E-state index in [1.807, 2.05) is 18.2 Å². The van der Waals surface area contributed by atoms with Crippen molar-refractivity contribution in [1.29, 1.82) is 0 Å². The smallest absolute Gasteiger partial charge is 0.229 e. The molecule has 0 aromatic heterocycles. The summed E-state index contributed by atoms with van der Waals surface area (Å²) < 4.78 is 0. The van der Waals surface area contributed by atoms with Crippen LogP contribution in [0.1, 0.15) is 42.9 Å².